The lowest BCUT2D eigenvalue weighted by Gasteiger charge is -2.04. The van der Waals surface area contributed by atoms with Crippen molar-refractivity contribution in [2.45, 2.75) is 6.92 Å². The van der Waals surface area contributed by atoms with Gasteiger partial charge in [0.15, 0.2) is 11.5 Å². The van der Waals surface area contributed by atoms with E-state index < -0.39 is 23.2 Å². The number of carboxylic acids is 1. The molecule has 0 heterocycles. The zero-order chi connectivity index (χ0) is 11.6. The van der Waals surface area contributed by atoms with Crippen molar-refractivity contribution in [3.8, 4) is 17.2 Å². The number of aliphatic carboxylic acids is 1. The van der Waals surface area contributed by atoms with E-state index in [4.69, 9.17) is 15.3 Å². The SMILES string of the molecule is CC(=Cc1ccc(O)c(O)c1O)C(=O)O. The molecule has 0 atom stereocenters. The van der Waals surface area contributed by atoms with Gasteiger partial charge in [-0.25, -0.2) is 4.79 Å². The fraction of sp³-hybridized carbons (Fsp3) is 0.100. The monoisotopic (exact) mass is 210 g/mol. The summed E-state index contributed by atoms with van der Waals surface area (Å²) in [6.07, 6.45) is 1.19. The van der Waals surface area contributed by atoms with Crippen molar-refractivity contribution in [3.63, 3.8) is 0 Å². The van der Waals surface area contributed by atoms with Crippen LogP contribution in [0.3, 0.4) is 0 Å². The highest BCUT2D eigenvalue weighted by Gasteiger charge is 2.10. The van der Waals surface area contributed by atoms with Gasteiger partial charge in [0.2, 0.25) is 5.75 Å². The van der Waals surface area contributed by atoms with E-state index >= 15 is 0 Å². The first-order valence-corrected chi connectivity index (χ1v) is 4.09. The molecule has 0 aliphatic carbocycles. The fourth-order valence-electron chi connectivity index (χ4n) is 0.996. The summed E-state index contributed by atoms with van der Waals surface area (Å²) in [7, 11) is 0. The number of carboxylic acid groups (broad SMARTS) is 1. The Morgan fingerprint density at radius 1 is 1.20 bits per heavy atom. The molecule has 5 heteroatoms. The normalized spacial score (nSPS) is 11.4. The van der Waals surface area contributed by atoms with Crippen LogP contribution >= 0.6 is 0 Å². The van der Waals surface area contributed by atoms with Gasteiger partial charge in [-0.3, -0.25) is 0 Å². The predicted octanol–water partition coefficient (Wildman–Crippen LogP) is 1.29. The standard InChI is InChI=1S/C10H10O5/c1-5(10(14)15)4-6-2-3-7(11)9(13)8(6)12/h2-4,11-13H,1H3,(H,14,15). The Balaban J connectivity index is 3.23. The summed E-state index contributed by atoms with van der Waals surface area (Å²) in [5.41, 5.74) is 0.139. The molecule has 0 saturated carbocycles. The third-order valence-corrected chi connectivity index (χ3v) is 1.87. The summed E-state index contributed by atoms with van der Waals surface area (Å²) in [5, 5.41) is 36.1. The number of hydrogen-bond donors (Lipinski definition) is 4. The summed E-state index contributed by atoms with van der Waals surface area (Å²) in [6.45, 7) is 1.35. The topological polar surface area (TPSA) is 98.0 Å². The van der Waals surface area contributed by atoms with Crippen molar-refractivity contribution in [1.82, 2.24) is 0 Å². The van der Waals surface area contributed by atoms with Crippen LogP contribution in [0.5, 0.6) is 17.2 Å². The Morgan fingerprint density at radius 2 is 1.80 bits per heavy atom. The van der Waals surface area contributed by atoms with Crippen molar-refractivity contribution in [1.29, 1.82) is 0 Å². The second kappa shape index (κ2) is 3.91. The molecule has 0 unspecified atom stereocenters. The van der Waals surface area contributed by atoms with Gasteiger partial charge in [0.05, 0.1) is 0 Å². The Morgan fingerprint density at radius 3 is 2.33 bits per heavy atom. The number of rotatable bonds is 2. The van der Waals surface area contributed by atoms with E-state index in [0.29, 0.717) is 0 Å². The largest absolute Gasteiger partial charge is 0.504 e. The predicted molar refractivity (Wildman–Crippen MR) is 52.7 cm³/mol. The lowest BCUT2D eigenvalue weighted by molar-refractivity contribution is -0.132. The molecule has 0 spiro atoms. The van der Waals surface area contributed by atoms with Crippen LogP contribution in [0.1, 0.15) is 12.5 Å². The third-order valence-electron chi connectivity index (χ3n) is 1.87. The molecule has 0 aromatic heterocycles. The van der Waals surface area contributed by atoms with Crippen LogP contribution in [0.2, 0.25) is 0 Å². The lowest BCUT2D eigenvalue weighted by atomic mass is 10.1. The molecule has 0 aliphatic heterocycles. The van der Waals surface area contributed by atoms with Crippen LogP contribution < -0.4 is 0 Å². The second-order valence-electron chi connectivity index (χ2n) is 3.00. The third kappa shape index (κ3) is 2.19. The molecule has 0 bridgehead atoms. The van der Waals surface area contributed by atoms with E-state index in [2.05, 4.69) is 0 Å². The highest BCUT2D eigenvalue weighted by molar-refractivity contribution is 5.92. The molecule has 0 aliphatic rings. The van der Waals surface area contributed by atoms with Gasteiger partial charge in [-0.1, -0.05) is 0 Å². The summed E-state index contributed by atoms with van der Waals surface area (Å²) >= 11 is 0. The van der Waals surface area contributed by atoms with Crippen molar-refractivity contribution < 1.29 is 25.2 Å². The fourth-order valence-corrected chi connectivity index (χ4v) is 0.996. The van der Waals surface area contributed by atoms with Crippen molar-refractivity contribution >= 4 is 12.0 Å². The molecule has 1 rings (SSSR count). The maximum absolute atomic E-state index is 10.5. The van der Waals surface area contributed by atoms with Gasteiger partial charge in [-0.05, 0) is 25.1 Å². The maximum atomic E-state index is 10.5. The number of carbonyl (C=O) groups is 1. The molecule has 15 heavy (non-hydrogen) atoms. The number of hydrogen-bond acceptors (Lipinski definition) is 4. The number of phenolic OH excluding ortho intramolecular Hbond substituents is 3. The number of benzene rings is 1. The Bertz CT molecular complexity index is 434. The number of phenols is 3. The van der Waals surface area contributed by atoms with Crippen molar-refractivity contribution in [3.05, 3.63) is 23.3 Å². The lowest BCUT2D eigenvalue weighted by Crippen LogP contribution is -1.95. The molecule has 0 radical (unpaired) electrons. The Labute approximate surface area is 85.5 Å². The van der Waals surface area contributed by atoms with E-state index in [0.717, 1.165) is 6.07 Å². The Hall–Kier alpha value is -2.17. The second-order valence-corrected chi connectivity index (χ2v) is 3.00. The molecule has 80 valence electrons. The molecular formula is C10H10O5. The average Bonchev–Trinajstić information content (AvgIpc) is 2.18. The molecule has 1 aromatic rings. The summed E-state index contributed by atoms with van der Waals surface area (Å²) in [5.74, 6) is -2.79. The van der Waals surface area contributed by atoms with Crippen LogP contribution in [0.25, 0.3) is 6.08 Å². The molecule has 1 aromatic carbocycles. The van der Waals surface area contributed by atoms with Crippen molar-refractivity contribution in [2.24, 2.45) is 0 Å². The van der Waals surface area contributed by atoms with E-state index in [9.17, 15) is 9.90 Å². The minimum atomic E-state index is -1.12. The van der Waals surface area contributed by atoms with Crippen molar-refractivity contribution in [2.75, 3.05) is 0 Å². The molecule has 0 amide bonds. The van der Waals surface area contributed by atoms with E-state index in [-0.39, 0.29) is 11.1 Å². The van der Waals surface area contributed by atoms with Crippen LogP contribution in [0.4, 0.5) is 0 Å². The first-order chi connectivity index (χ1) is 6.93. The molecular weight excluding hydrogens is 200 g/mol. The van der Waals surface area contributed by atoms with Gasteiger partial charge in [0.25, 0.3) is 0 Å². The van der Waals surface area contributed by atoms with Gasteiger partial charge in [-0.2, -0.15) is 0 Å². The Kier molecular flexibility index (Phi) is 2.85. The molecule has 5 nitrogen and oxygen atoms in total. The zero-order valence-electron chi connectivity index (χ0n) is 7.93. The maximum Gasteiger partial charge on any atom is 0.331 e. The summed E-state index contributed by atoms with van der Waals surface area (Å²) < 4.78 is 0. The van der Waals surface area contributed by atoms with Crippen LogP contribution in [0.15, 0.2) is 17.7 Å². The summed E-state index contributed by atoms with van der Waals surface area (Å²) in [6, 6.07) is 2.47. The van der Waals surface area contributed by atoms with Gasteiger partial charge in [-0.15, -0.1) is 0 Å². The van der Waals surface area contributed by atoms with E-state index in [1.54, 1.807) is 0 Å². The molecule has 0 saturated heterocycles. The van der Waals surface area contributed by atoms with Crippen LogP contribution in [0, 0.1) is 0 Å². The van der Waals surface area contributed by atoms with Gasteiger partial charge in [0.1, 0.15) is 0 Å². The highest BCUT2D eigenvalue weighted by atomic mass is 16.4. The smallest absolute Gasteiger partial charge is 0.331 e. The first-order valence-electron chi connectivity index (χ1n) is 4.09. The van der Waals surface area contributed by atoms with E-state index in [1.807, 2.05) is 0 Å². The summed E-state index contributed by atoms with van der Waals surface area (Å²) in [4.78, 5) is 10.5. The first kappa shape index (κ1) is 10.9. The van der Waals surface area contributed by atoms with E-state index in [1.165, 1.54) is 19.1 Å². The minimum Gasteiger partial charge on any atom is -0.504 e. The highest BCUT2D eigenvalue weighted by Crippen LogP contribution is 2.37. The quantitative estimate of drug-likeness (QED) is 0.435. The average molecular weight is 210 g/mol. The zero-order valence-corrected chi connectivity index (χ0v) is 7.93. The van der Waals surface area contributed by atoms with Crippen LogP contribution in [-0.2, 0) is 4.79 Å². The van der Waals surface area contributed by atoms with Gasteiger partial charge >= 0.3 is 5.97 Å². The number of aromatic hydroxyl groups is 3. The van der Waals surface area contributed by atoms with Crippen LogP contribution in [-0.4, -0.2) is 26.4 Å². The van der Waals surface area contributed by atoms with Gasteiger partial charge in [0, 0.05) is 11.1 Å². The molecule has 0 fully saturated rings. The minimum absolute atomic E-state index is 0.00962. The molecule has 4 N–H and O–H groups in total. The van der Waals surface area contributed by atoms with Gasteiger partial charge < -0.3 is 20.4 Å².